The second-order valence-electron chi connectivity index (χ2n) is 5.00. The van der Waals surface area contributed by atoms with Crippen LogP contribution in [-0.2, 0) is 0 Å². The third kappa shape index (κ3) is 2.63. The van der Waals surface area contributed by atoms with Crippen LogP contribution in [0, 0.1) is 6.92 Å². The fourth-order valence-electron chi connectivity index (χ4n) is 2.18. The molecule has 0 spiro atoms. The van der Waals surface area contributed by atoms with Crippen molar-refractivity contribution in [1.82, 2.24) is 10.3 Å². The van der Waals surface area contributed by atoms with Crippen LogP contribution in [-0.4, -0.2) is 30.5 Å². The summed E-state index contributed by atoms with van der Waals surface area (Å²) in [6.45, 7) is 6.40. The molecular formula is C15H20N2O2. The molecule has 0 atom stereocenters. The largest absolute Gasteiger partial charge is 0.495 e. The summed E-state index contributed by atoms with van der Waals surface area (Å²) in [7, 11) is 1.63. The van der Waals surface area contributed by atoms with Crippen LogP contribution in [0.3, 0.4) is 0 Å². The Morgan fingerprint density at radius 2 is 2.16 bits per heavy atom. The number of ketones is 1. The number of benzene rings is 1. The first-order valence-electron chi connectivity index (χ1n) is 6.46. The first kappa shape index (κ1) is 13.6. The second-order valence-corrected chi connectivity index (χ2v) is 5.00. The molecule has 0 aliphatic carbocycles. The molecule has 0 radical (unpaired) electrons. The fourth-order valence-corrected chi connectivity index (χ4v) is 2.18. The normalized spacial score (nSPS) is 11.2. The average molecular weight is 260 g/mol. The minimum absolute atomic E-state index is 0.0938. The van der Waals surface area contributed by atoms with Gasteiger partial charge in [0, 0.05) is 23.2 Å². The molecule has 0 saturated carbocycles. The monoisotopic (exact) mass is 260 g/mol. The van der Waals surface area contributed by atoms with E-state index in [1.54, 1.807) is 13.3 Å². The zero-order valence-corrected chi connectivity index (χ0v) is 11.8. The maximum absolute atomic E-state index is 12.3. The van der Waals surface area contributed by atoms with Crippen molar-refractivity contribution in [2.75, 3.05) is 13.7 Å². The molecule has 2 rings (SSSR count). The summed E-state index contributed by atoms with van der Waals surface area (Å²) < 4.78 is 5.32. The van der Waals surface area contributed by atoms with Crippen molar-refractivity contribution in [3.05, 3.63) is 29.5 Å². The van der Waals surface area contributed by atoms with Crippen LogP contribution in [0.25, 0.3) is 10.9 Å². The Bertz CT molecular complexity index is 599. The van der Waals surface area contributed by atoms with E-state index < -0.39 is 0 Å². The quantitative estimate of drug-likeness (QED) is 0.813. The molecule has 2 N–H and O–H groups in total. The summed E-state index contributed by atoms with van der Waals surface area (Å²) in [6, 6.07) is 4.18. The highest BCUT2D eigenvalue weighted by molar-refractivity contribution is 6.10. The minimum atomic E-state index is 0.0938. The molecular weight excluding hydrogens is 240 g/mol. The Kier molecular flexibility index (Phi) is 3.90. The molecule has 4 nitrogen and oxygen atoms in total. The number of ether oxygens (including phenoxy) is 1. The lowest BCUT2D eigenvalue weighted by Crippen LogP contribution is -2.29. The van der Waals surface area contributed by atoms with Crippen LogP contribution in [0.1, 0.15) is 29.8 Å². The summed E-state index contributed by atoms with van der Waals surface area (Å²) in [5.74, 6) is 0.854. The first-order valence-corrected chi connectivity index (χ1v) is 6.46. The second kappa shape index (κ2) is 5.45. The Morgan fingerprint density at radius 3 is 2.79 bits per heavy atom. The number of carbonyl (C=O) groups excluding carboxylic acids is 1. The molecule has 1 aromatic carbocycles. The molecule has 1 heterocycles. The van der Waals surface area contributed by atoms with Crippen LogP contribution in [0.5, 0.6) is 5.75 Å². The number of hydrogen-bond donors (Lipinski definition) is 2. The third-order valence-electron chi connectivity index (χ3n) is 3.20. The lowest BCUT2D eigenvalue weighted by molar-refractivity contribution is 0.0990. The molecule has 0 amide bonds. The predicted molar refractivity (Wildman–Crippen MR) is 77.1 cm³/mol. The molecule has 0 bridgehead atoms. The Hall–Kier alpha value is -1.81. The van der Waals surface area contributed by atoms with Gasteiger partial charge in [0.1, 0.15) is 5.75 Å². The van der Waals surface area contributed by atoms with E-state index in [0.29, 0.717) is 12.6 Å². The highest BCUT2D eigenvalue weighted by Crippen LogP contribution is 2.30. The van der Waals surface area contributed by atoms with E-state index in [2.05, 4.69) is 10.3 Å². The van der Waals surface area contributed by atoms with E-state index in [0.717, 1.165) is 27.8 Å². The number of hydrogen-bond acceptors (Lipinski definition) is 3. The van der Waals surface area contributed by atoms with Gasteiger partial charge in [-0.1, -0.05) is 19.9 Å². The zero-order valence-electron chi connectivity index (χ0n) is 11.8. The van der Waals surface area contributed by atoms with E-state index >= 15 is 0 Å². The molecule has 0 unspecified atom stereocenters. The standard InChI is InChI=1S/C15H20N2O2/c1-9(2)16-8-12(18)11-7-17-15-13(19-4)6-5-10(3)14(11)15/h5-7,9,16-17H,8H2,1-4H3. The number of carbonyl (C=O) groups is 1. The van der Waals surface area contributed by atoms with Crippen molar-refractivity contribution in [1.29, 1.82) is 0 Å². The van der Waals surface area contributed by atoms with Crippen molar-refractivity contribution < 1.29 is 9.53 Å². The number of aromatic nitrogens is 1. The molecule has 1 aromatic heterocycles. The molecule has 4 heteroatoms. The van der Waals surface area contributed by atoms with E-state index in [9.17, 15) is 4.79 Å². The van der Waals surface area contributed by atoms with Gasteiger partial charge in [-0.2, -0.15) is 0 Å². The average Bonchev–Trinajstić information content (AvgIpc) is 2.82. The lowest BCUT2D eigenvalue weighted by Gasteiger charge is -2.08. The van der Waals surface area contributed by atoms with Crippen LogP contribution < -0.4 is 10.1 Å². The van der Waals surface area contributed by atoms with Gasteiger partial charge in [-0.05, 0) is 18.6 Å². The van der Waals surface area contributed by atoms with Gasteiger partial charge >= 0.3 is 0 Å². The highest BCUT2D eigenvalue weighted by Gasteiger charge is 2.16. The maximum atomic E-state index is 12.3. The van der Waals surface area contributed by atoms with E-state index in [-0.39, 0.29) is 5.78 Å². The summed E-state index contributed by atoms with van der Waals surface area (Å²) >= 11 is 0. The number of fused-ring (bicyclic) bond motifs is 1. The molecule has 19 heavy (non-hydrogen) atoms. The van der Waals surface area contributed by atoms with Gasteiger partial charge in [-0.15, -0.1) is 0 Å². The maximum Gasteiger partial charge on any atom is 0.178 e. The number of Topliss-reactive ketones (excluding diaryl/α,β-unsaturated/α-hetero) is 1. The minimum Gasteiger partial charge on any atom is -0.495 e. The Labute approximate surface area is 113 Å². The lowest BCUT2D eigenvalue weighted by atomic mass is 10.0. The summed E-state index contributed by atoms with van der Waals surface area (Å²) in [6.07, 6.45) is 1.77. The molecule has 0 fully saturated rings. The molecule has 0 aliphatic heterocycles. The van der Waals surface area contributed by atoms with Crippen LogP contribution in [0.15, 0.2) is 18.3 Å². The number of aromatic amines is 1. The fraction of sp³-hybridized carbons (Fsp3) is 0.400. The number of methoxy groups -OCH3 is 1. The van der Waals surface area contributed by atoms with Crippen LogP contribution >= 0.6 is 0 Å². The van der Waals surface area contributed by atoms with Crippen molar-refractivity contribution in [2.24, 2.45) is 0 Å². The van der Waals surface area contributed by atoms with Gasteiger partial charge in [0.2, 0.25) is 0 Å². The zero-order chi connectivity index (χ0) is 14.0. The van der Waals surface area contributed by atoms with E-state index in [1.165, 1.54) is 0 Å². The van der Waals surface area contributed by atoms with Gasteiger partial charge < -0.3 is 15.0 Å². The molecule has 102 valence electrons. The number of nitrogens with one attached hydrogen (secondary N) is 2. The topological polar surface area (TPSA) is 54.1 Å². The summed E-state index contributed by atoms with van der Waals surface area (Å²) in [5.41, 5.74) is 2.68. The smallest absolute Gasteiger partial charge is 0.178 e. The molecule has 0 aliphatic rings. The third-order valence-corrected chi connectivity index (χ3v) is 3.20. The van der Waals surface area contributed by atoms with E-state index in [4.69, 9.17) is 4.74 Å². The number of aryl methyl sites for hydroxylation is 1. The van der Waals surface area contributed by atoms with Gasteiger partial charge in [-0.3, -0.25) is 4.79 Å². The Balaban J connectivity index is 2.42. The van der Waals surface area contributed by atoms with Crippen molar-refractivity contribution in [3.8, 4) is 5.75 Å². The van der Waals surface area contributed by atoms with Crippen molar-refractivity contribution >= 4 is 16.7 Å². The summed E-state index contributed by atoms with van der Waals surface area (Å²) in [5, 5.41) is 4.11. The highest BCUT2D eigenvalue weighted by atomic mass is 16.5. The molecule has 0 saturated heterocycles. The van der Waals surface area contributed by atoms with Gasteiger partial charge in [0.15, 0.2) is 5.78 Å². The van der Waals surface area contributed by atoms with Crippen LogP contribution in [0.2, 0.25) is 0 Å². The Morgan fingerprint density at radius 1 is 1.42 bits per heavy atom. The number of H-pyrrole nitrogens is 1. The first-order chi connectivity index (χ1) is 9.04. The van der Waals surface area contributed by atoms with Crippen LogP contribution in [0.4, 0.5) is 0 Å². The number of rotatable bonds is 5. The van der Waals surface area contributed by atoms with Gasteiger partial charge in [0.05, 0.1) is 19.2 Å². The van der Waals surface area contributed by atoms with Gasteiger partial charge in [0.25, 0.3) is 0 Å². The summed E-state index contributed by atoms with van der Waals surface area (Å²) in [4.78, 5) is 15.4. The predicted octanol–water partition coefficient (Wildman–Crippen LogP) is 2.67. The molecule has 2 aromatic rings. The van der Waals surface area contributed by atoms with Gasteiger partial charge in [-0.25, -0.2) is 0 Å². The van der Waals surface area contributed by atoms with Crippen molar-refractivity contribution in [3.63, 3.8) is 0 Å². The van der Waals surface area contributed by atoms with Crippen molar-refractivity contribution in [2.45, 2.75) is 26.8 Å². The van der Waals surface area contributed by atoms with E-state index in [1.807, 2.05) is 32.9 Å². The SMILES string of the molecule is COc1ccc(C)c2c(C(=O)CNC(C)C)c[nH]c12.